The molecule has 0 fully saturated rings. The SMILES string of the molecule is Cc1csc(NC(=O)CN(C(=O)c2ccccc2C)C(C)C)n1. The monoisotopic (exact) mass is 331 g/mol. The van der Waals surface area contributed by atoms with Gasteiger partial charge in [0.1, 0.15) is 6.54 Å². The highest BCUT2D eigenvalue weighted by Gasteiger charge is 2.23. The summed E-state index contributed by atoms with van der Waals surface area (Å²) in [6, 6.07) is 7.32. The maximum Gasteiger partial charge on any atom is 0.254 e. The van der Waals surface area contributed by atoms with Crippen LogP contribution in [0.15, 0.2) is 29.6 Å². The first-order chi connectivity index (χ1) is 10.9. The van der Waals surface area contributed by atoms with Crippen LogP contribution in [0.2, 0.25) is 0 Å². The van der Waals surface area contributed by atoms with Gasteiger partial charge < -0.3 is 10.2 Å². The molecule has 0 saturated carbocycles. The van der Waals surface area contributed by atoms with E-state index >= 15 is 0 Å². The standard InChI is InChI=1S/C17H21N3O2S/c1-11(2)20(16(22)14-8-6-5-7-12(14)3)9-15(21)19-17-18-13(4)10-23-17/h5-8,10-11H,9H2,1-4H3,(H,18,19,21). The number of nitrogens with one attached hydrogen (secondary N) is 1. The molecule has 2 rings (SSSR count). The van der Waals surface area contributed by atoms with Gasteiger partial charge in [0.2, 0.25) is 5.91 Å². The Labute approximate surface area is 140 Å². The summed E-state index contributed by atoms with van der Waals surface area (Å²) in [5, 5.41) is 5.17. The number of hydrogen-bond donors (Lipinski definition) is 1. The Kier molecular flexibility index (Phi) is 5.50. The van der Waals surface area contributed by atoms with Crippen LogP contribution in [0.25, 0.3) is 0 Å². The Morgan fingerprint density at radius 3 is 2.52 bits per heavy atom. The molecule has 0 unspecified atom stereocenters. The highest BCUT2D eigenvalue weighted by Crippen LogP contribution is 2.16. The highest BCUT2D eigenvalue weighted by molar-refractivity contribution is 7.13. The molecule has 1 aromatic carbocycles. The van der Waals surface area contributed by atoms with E-state index in [-0.39, 0.29) is 24.4 Å². The van der Waals surface area contributed by atoms with Crippen molar-refractivity contribution >= 4 is 28.3 Å². The molecule has 1 aromatic heterocycles. The third-order valence-electron chi connectivity index (χ3n) is 3.44. The van der Waals surface area contributed by atoms with Gasteiger partial charge in [-0.25, -0.2) is 4.98 Å². The Hall–Kier alpha value is -2.21. The molecule has 1 N–H and O–H groups in total. The van der Waals surface area contributed by atoms with Gasteiger partial charge in [-0.15, -0.1) is 11.3 Å². The Bertz CT molecular complexity index is 709. The summed E-state index contributed by atoms with van der Waals surface area (Å²) in [6.07, 6.45) is 0. The maximum absolute atomic E-state index is 12.7. The molecule has 0 aliphatic rings. The van der Waals surface area contributed by atoms with E-state index in [0.717, 1.165) is 11.3 Å². The Balaban J connectivity index is 2.11. The van der Waals surface area contributed by atoms with Crippen LogP contribution in [0.3, 0.4) is 0 Å². The molecular formula is C17H21N3O2S. The van der Waals surface area contributed by atoms with Gasteiger partial charge in [-0.1, -0.05) is 18.2 Å². The summed E-state index contributed by atoms with van der Waals surface area (Å²) in [6.45, 7) is 7.57. The summed E-state index contributed by atoms with van der Waals surface area (Å²) >= 11 is 1.37. The van der Waals surface area contributed by atoms with Gasteiger partial charge in [0.05, 0.1) is 5.69 Å². The molecule has 0 saturated heterocycles. The number of benzene rings is 1. The van der Waals surface area contributed by atoms with Crippen LogP contribution in [0.5, 0.6) is 0 Å². The quantitative estimate of drug-likeness (QED) is 0.915. The molecule has 6 heteroatoms. The third kappa shape index (κ3) is 4.39. The molecular weight excluding hydrogens is 310 g/mol. The van der Waals surface area contributed by atoms with Crippen molar-refractivity contribution in [2.45, 2.75) is 33.7 Å². The van der Waals surface area contributed by atoms with Gasteiger partial charge in [-0.2, -0.15) is 0 Å². The van der Waals surface area contributed by atoms with Gasteiger partial charge >= 0.3 is 0 Å². The fourth-order valence-electron chi connectivity index (χ4n) is 2.18. The highest BCUT2D eigenvalue weighted by atomic mass is 32.1. The topological polar surface area (TPSA) is 62.3 Å². The molecule has 2 aromatic rings. The molecule has 0 atom stereocenters. The zero-order valence-corrected chi connectivity index (χ0v) is 14.6. The molecule has 2 amide bonds. The van der Waals surface area contributed by atoms with Gasteiger partial charge in [0.15, 0.2) is 5.13 Å². The molecule has 5 nitrogen and oxygen atoms in total. The summed E-state index contributed by atoms with van der Waals surface area (Å²) in [7, 11) is 0. The van der Waals surface area contributed by atoms with Crippen molar-refractivity contribution in [3.63, 3.8) is 0 Å². The number of anilines is 1. The molecule has 0 radical (unpaired) electrons. The van der Waals surface area contributed by atoms with Crippen molar-refractivity contribution in [3.05, 3.63) is 46.5 Å². The van der Waals surface area contributed by atoms with Gasteiger partial charge in [-0.05, 0) is 39.3 Å². The fraction of sp³-hybridized carbons (Fsp3) is 0.353. The number of carbonyl (C=O) groups excluding carboxylic acids is 2. The van der Waals surface area contributed by atoms with Crippen molar-refractivity contribution in [3.8, 4) is 0 Å². The van der Waals surface area contributed by atoms with E-state index < -0.39 is 0 Å². The van der Waals surface area contributed by atoms with Crippen LogP contribution in [0.4, 0.5) is 5.13 Å². The molecule has 23 heavy (non-hydrogen) atoms. The van der Waals surface area contributed by atoms with E-state index in [2.05, 4.69) is 10.3 Å². The van der Waals surface area contributed by atoms with E-state index in [1.165, 1.54) is 11.3 Å². The number of aryl methyl sites for hydroxylation is 2. The second-order valence-electron chi connectivity index (χ2n) is 5.68. The summed E-state index contributed by atoms with van der Waals surface area (Å²) in [4.78, 5) is 30.7. The van der Waals surface area contributed by atoms with Crippen molar-refractivity contribution in [2.24, 2.45) is 0 Å². The molecule has 0 aliphatic carbocycles. The van der Waals surface area contributed by atoms with Crippen molar-refractivity contribution in [1.82, 2.24) is 9.88 Å². The second-order valence-corrected chi connectivity index (χ2v) is 6.54. The zero-order valence-electron chi connectivity index (χ0n) is 13.8. The van der Waals surface area contributed by atoms with E-state index in [9.17, 15) is 9.59 Å². The normalized spacial score (nSPS) is 10.7. The van der Waals surface area contributed by atoms with Crippen molar-refractivity contribution < 1.29 is 9.59 Å². The van der Waals surface area contributed by atoms with Crippen LogP contribution in [0.1, 0.15) is 35.5 Å². The number of carbonyl (C=O) groups is 2. The predicted octanol–water partition coefficient (Wildman–Crippen LogP) is 3.25. The lowest BCUT2D eigenvalue weighted by atomic mass is 10.1. The molecule has 0 bridgehead atoms. The first-order valence-corrected chi connectivity index (χ1v) is 8.35. The lowest BCUT2D eigenvalue weighted by molar-refractivity contribution is -0.117. The van der Waals surface area contributed by atoms with Crippen LogP contribution in [0, 0.1) is 13.8 Å². The van der Waals surface area contributed by atoms with Crippen molar-refractivity contribution in [2.75, 3.05) is 11.9 Å². The lowest BCUT2D eigenvalue weighted by Gasteiger charge is -2.26. The van der Waals surface area contributed by atoms with E-state index in [0.29, 0.717) is 10.7 Å². The molecule has 122 valence electrons. The number of hydrogen-bond acceptors (Lipinski definition) is 4. The average molecular weight is 331 g/mol. The van der Waals surface area contributed by atoms with Crippen LogP contribution in [-0.2, 0) is 4.79 Å². The van der Waals surface area contributed by atoms with Crippen LogP contribution < -0.4 is 5.32 Å². The van der Waals surface area contributed by atoms with Gasteiger partial charge in [-0.3, -0.25) is 9.59 Å². The minimum Gasteiger partial charge on any atom is -0.327 e. The molecule has 1 heterocycles. The van der Waals surface area contributed by atoms with Crippen LogP contribution >= 0.6 is 11.3 Å². The van der Waals surface area contributed by atoms with Crippen molar-refractivity contribution in [1.29, 1.82) is 0 Å². The van der Waals surface area contributed by atoms with E-state index in [1.54, 1.807) is 11.0 Å². The largest absolute Gasteiger partial charge is 0.327 e. The number of nitrogens with zero attached hydrogens (tertiary/aromatic N) is 2. The number of aromatic nitrogens is 1. The van der Waals surface area contributed by atoms with Gasteiger partial charge in [0, 0.05) is 17.0 Å². The Morgan fingerprint density at radius 1 is 1.26 bits per heavy atom. The maximum atomic E-state index is 12.7. The number of amides is 2. The third-order valence-corrected chi connectivity index (χ3v) is 4.31. The molecule has 0 aliphatic heterocycles. The lowest BCUT2D eigenvalue weighted by Crippen LogP contribution is -2.42. The fourth-order valence-corrected chi connectivity index (χ4v) is 2.89. The summed E-state index contributed by atoms with van der Waals surface area (Å²) in [5.41, 5.74) is 2.39. The summed E-state index contributed by atoms with van der Waals surface area (Å²) < 4.78 is 0. The van der Waals surface area contributed by atoms with Crippen LogP contribution in [-0.4, -0.2) is 34.3 Å². The smallest absolute Gasteiger partial charge is 0.254 e. The molecule has 0 spiro atoms. The van der Waals surface area contributed by atoms with E-state index in [4.69, 9.17) is 0 Å². The van der Waals surface area contributed by atoms with Gasteiger partial charge in [0.25, 0.3) is 5.91 Å². The summed E-state index contributed by atoms with van der Waals surface area (Å²) in [5.74, 6) is -0.376. The average Bonchev–Trinajstić information content (AvgIpc) is 2.89. The van der Waals surface area contributed by atoms with E-state index in [1.807, 2.05) is 51.3 Å². The first kappa shape index (κ1) is 17.1. The predicted molar refractivity (Wildman–Crippen MR) is 92.8 cm³/mol. The Morgan fingerprint density at radius 2 is 1.96 bits per heavy atom. The minimum atomic E-state index is -0.241. The number of rotatable bonds is 5. The first-order valence-electron chi connectivity index (χ1n) is 7.47. The zero-order chi connectivity index (χ0) is 17.0. The minimum absolute atomic E-state index is 0.00343. The second kappa shape index (κ2) is 7.37. The number of thiazole rings is 1.